The molecule has 0 spiro atoms. The fraction of sp³-hybridized carbons (Fsp3) is 0.273. The molecule has 2 N–H and O–H groups in total. The van der Waals surface area contributed by atoms with E-state index in [2.05, 4.69) is 10.3 Å². The van der Waals surface area contributed by atoms with Gasteiger partial charge < -0.3 is 15.0 Å². The number of fused-ring (bicyclic) bond motifs is 9. The number of benzene rings is 3. The molecule has 2 aliphatic heterocycles. The Morgan fingerprint density at radius 3 is 2.36 bits per heavy atom. The monoisotopic (exact) mass is 627 g/mol. The van der Waals surface area contributed by atoms with Crippen LogP contribution in [0, 0.1) is 35.4 Å². The number of nitrogens with zero attached hydrogens (tertiary/aromatic N) is 1. The molecular formula is C33H26FN3O5S2. The van der Waals surface area contributed by atoms with Crippen molar-refractivity contribution in [1.82, 2.24) is 4.98 Å². The van der Waals surface area contributed by atoms with Crippen molar-refractivity contribution in [3.8, 4) is 5.75 Å². The zero-order valence-electron chi connectivity index (χ0n) is 23.1. The number of hydrogen-bond donors (Lipinski definition) is 2. The number of halogens is 1. The maximum atomic E-state index is 13.8. The van der Waals surface area contributed by atoms with Crippen LogP contribution in [0.25, 0.3) is 0 Å². The van der Waals surface area contributed by atoms with Gasteiger partial charge in [-0.2, -0.15) is 0 Å². The van der Waals surface area contributed by atoms with Crippen LogP contribution < -0.4 is 19.8 Å². The lowest BCUT2D eigenvalue weighted by atomic mass is 9.68. The number of H-pyrrole nitrogens is 1. The van der Waals surface area contributed by atoms with Crippen molar-refractivity contribution in [2.75, 3.05) is 16.8 Å². The van der Waals surface area contributed by atoms with Crippen molar-refractivity contribution in [1.29, 1.82) is 0 Å². The van der Waals surface area contributed by atoms with Gasteiger partial charge in [0.1, 0.15) is 11.6 Å². The summed E-state index contributed by atoms with van der Waals surface area (Å²) >= 11 is 2.83. The van der Waals surface area contributed by atoms with Crippen LogP contribution in [0.5, 0.6) is 5.75 Å². The van der Waals surface area contributed by atoms with Crippen LogP contribution in [-0.2, 0) is 14.4 Å². The van der Waals surface area contributed by atoms with Gasteiger partial charge in [-0.05, 0) is 78.3 Å². The zero-order chi connectivity index (χ0) is 30.1. The Labute approximate surface area is 259 Å². The maximum absolute atomic E-state index is 13.8. The molecule has 8 rings (SSSR count). The third kappa shape index (κ3) is 4.32. The number of nitrogens with one attached hydrogen (secondary N) is 2. The minimum Gasteiger partial charge on any atom is -0.484 e. The number of para-hydroxylation sites is 1. The van der Waals surface area contributed by atoms with Gasteiger partial charge in [0.2, 0.25) is 11.8 Å². The van der Waals surface area contributed by atoms with Crippen LogP contribution >= 0.6 is 23.1 Å². The first-order valence-electron chi connectivity index (χ1n) is 14.5. The summed E-state index contributed by atoms with van der Waals surface area (Å²) in [5, 5.41) is 3.70. The normalized spacial score (nSPS) is 28.0. The molecule has 6 unspecified atom stereocenters. The average Bonchev–Trinajstić information content (AvgIpc) is 3.76. The van der Waals surface area contributed by atoms with Gasteiger partial charge in [0, 0.05) is 21.7 Å². The molecule has 222 valence electrons. The molecule has 0 radical (unpaired) electrons. The highest BCUT2D eigenvalue weighted by molar-refractivity contribution is 8.00. The molecule has 8 nitrogen and oxygen atoms in total. The van der Waals surface area contributed by atoms with E-state index >= 15 is 0 Å². The fourth-order valence-corrected chi connectivity index (χ4v) is 10.8. The summed E-state index contributed by atoms with van der Waals surface area (Å²) in [5.74, 6) is -1.55. The van der Waals surface area contributed by atoms with Crippen molar-refractivity contribution in [3.05, 3.63) is 105 Å². The summed E-state index contributed by atoms with van der Waals surface area (Å²) in [6, 6.07) is 22.2. The van der Waals surface area contributed by atoms with E-state index in [1.54, 1.807) is 23.9 Å². The van der Waals surface area contributed by atoms with E-state index in [-0.39, 0.29) is 58.1 Å². The molecule has 2 aliphatic carbocycles. The predicted molar refractivity (Wildman–Crippen MR) is 164 cm³/mol. The van der Waals surface area contributed by atoms with E-state index in [0.29, 0.717) is 17.1 Å². The fourth-order valence-electron chi connectivity index (χ4n) is 7.87. The summed E-state index contributed by atoms with van der Waals surface area (Å²) in [6.07, 6.45) is 0.778. The molecule has 4 aromatic rings. The number of anilines is 2. The van der Waals surface area contributed by atoms with E-state index in [9.17, 15) is 23.6 Å². The summed E-state index contributed by atoms with van der Waals surface area (Å²) < 4.78 is 19.4. The van der Waals surface area contributed by atoms with E-state index < -0.39 is 17.7 Å². The summed E-state index contributed by atoms with van der Waals surface area (Å²) in [6.45, 7) is -0.143. The Hall–Kier alpha value is -4.22. The molecule has 2 saturated carbocycles. The zero-order valence-corrected chi connectivity index (χ0v) is 24.8. The lowest BCUT2D eigenvalue weighted by molar-refractivity contribution is -0.123. The van der Waals surface area contributed by atoms with E-state index in [4.69, 9.17) is 4.74 Å². The molecule has 4 aliphatic rings. The van der Waals surface area contributed by atoms with Crippen molar-refractivity contribution in [2.45, 2.75) is 22.6 Å². The largest absolute Gasteiger partial charge is 0.484 e. The van der Waals surface area contributed by atoms with E-state index in [0.717, 1.165) is 21.9 Å². The number of carbonyl (C=O) groups is 3. The average molecular weight is 628 g/mol. The van der Waals surface area contributed by atoms with Gasteiger partial charge in [-0.1, -0.05) is 41.7 Å². The van der Waals surface area contributed by atoms with Crippen molar-refractivity contribution >= 4 is 52.2 Å². The third-order valence-corrected chi connectivity index (χ3v) is 12.1. The Bertz CT molecular complexity index is 1840. The molecule has 1 saturated heterocycles. The van der Waals surface area contributed by atoms with Crippen molar-refractivity contribution in [2.24, 2.45) is 29.6 Å². The number of aromatic amines is 1. The van der Waals surface area contributed by atoms with Crippen LogP contribution in [0.4, 0.5) is 15.8 Å². The molecule has 3 aromatic carbocycles. The number of hydrogen-bond acceptors (Lipinski definition) is 7. The minimum atomic E-state index is -0.440. The highest BCUT2D eigenvalue weighted by Crippen LogP contribution is 2.68. The van der Waals surface area contributed by atoms with Gasteiger partial charge in [0.25, 0.3) is 5.91 Å². The number of aromatic nitrogens is 1. The first-order valence-corrected chi connectivity index (χ1v) is 16.2. The second-order valence-electron chi connectivity index (χ2n) is 11.7. The second kappa shape index (κ2) is 10.4. The summed E-state index contributed by atoms with van der Waals surface area (Å²) in [4.78, 5) is 57.5. The number of ether oxygens (including phenoxy) is 1. The van der Waals surface area contributed by atoms with Gasteiger partial charge in [-0.3, -0.25) is 24.1 Å². The lowest BCUT2D eigenvalue weighted by Crippen LogP contribution is -2.42. The van der Waals surface area contributed by atoms with Crippen LogP contribution in [0.1, 0.15) is 22.8 Å². The Morgan fingerprint density at radius 2 is 1.64 bits per heavy atom. The molecule has 2 bridgehead atoms. The third-order valence-electron chi connectivity index (χ3n) is 9.48. The van der Waals surface area contributed by atoms with Crippen LogP contribution in [0.3, 0.4) is 0 Å². The Balaban J connectivity index is 1.06. The van der Waals surface area contributed by atoms with Crippen LogP contribution in [0.2, 0.25) is 0 Å². The smallest absolute Gasteiger partial charge is 0.305 e. The summed E-state index contributed by atoms with van der Waals surface area (Å²) in [5.41, 5.74) is 2.09. The van der Waals surface area contributed by atoms with Gasteiger partial charge in [-0.15, -0.1) is 11.8 Å². The van der Waals surface area contributed by atoms with Gasteiger partial charge in [-0.25, -0.2) is 4.39 Å². The van der Waals surface area contributed by atoms with Gasteiger partial charge in [0.05, 0.1) is 22.5 Å². The maximum Gasteiger partial charge on any atom is 0.305 e. The molecule has 3 amide bonds. The number of thioether (sulfide) groups is 1. The molecule has 11 heteroatoms. The predicted octanol–water partition coefficient (Wildman–Crippen LogP) is 5.27. The highest BCUT2D eigenvalue weighted by Gasteiger charge is 2.69. The minimum absolute atomic E-state index is 0.00770. The molecule has 1 aromatic heterocycles. The van der Waals surface area contributed by atoms with Crippen LogP contribution in [-0.4, -0.2) is 34.6 Å². The SMILES string of the molecule is O=C(COc1ccc([C@H]2c3sc(=O)[nH]c3SC3C4CC(C5C(=O)N(c6ccc(F)cc6)C(=O)C45)C32)cc1)Nc1ccccc1. The topological polar surface area (TPSA) is 109 Å². The van der Waals surface area contributed by atoms with E-state index in [1.165, 1.54) is 40.5 Å². The standard InChI is InChI=1S/C33H26FN3O5S2/c34-17-8-10-19(11-9-17)37-31(39)26-21-14-22(27(26)32(37)40)28-25(21)24(29-30(43-28)36-33(41)44-29)16-6-12-20(13-7-16)42-15-23(38)35-18-4-2-1-3-5-18/h1-13,21-22,24-28H,14-15H2,(H,35,38)(H,36,41)/t21?,22?,24-,25?,26?,27?,28?/m1/s1. The number of carbonyl (C=O) groups excluding carboxylic acids is 3. The molecule has 3 fully saturated rings. The number of rotatable bonds is 6. The number of amides is 3. The quantitative estimate of drug-likeness (QED) is 0.282. The van der Waals surface area contributed by atoms with Gasteiger partial charge in [0.15, 0.2) is 6.61 Å². The molecular weight excluding hydrogens is 602 g/mol. The van der Waals surface area contributed by atoms with Gasteiger partial charge >= 0.3 is 4.87 Å². The first kappa shape index (κ1) is 27.3. The number of thiazole rings is 1. The molecule has 44 heavy (non-hydrogen) atoms. The van der Waals surface area contributed by atoms with Crippen molar-refractivity contribution < 1.29 is 23.5 Å². The lowest BCUT2D eigenvalue weighted by Gasteiger charge is -2.43. The number of imide groups is 1. The molecule has 7 atom stereocenters. The second-order valence-corrected chi connectivity index (χ2v) is 13.9. The first-order chi connectivity index (χ1) is 21.4. The van der Waals surface area contributed by atoms with Crippen LogP contribution in [0.15, 0.2) is 88.7 Å². The molecule has 3 heterocycles. The summed E-state index contributed by atoms with van der Waals surface area (Å²) in [7, 11) is 0. The highest BCUT2D eigenvalue weighted by atomic mass is 32.2. The Kier molecular flexibility index (Phi) is 6.49. The van der Waals surface area contributed by atoms with E-state index in [1.807, 2.05) is 42.5 Å². The van der Waals surface area contributed by atoms with Crippen molar-refractivity contribution in [3.63, 3.8) is 0 Å². The Morgan fingerprint density at radius 1 is 0.932 bits per heavy atom.